The maximum Gasteiger partial charge on any atom is 0.156 e. The Labute approximate surface area is 217 Å². The standard InChI is InChI=1S/C31H46N2O3/c1-5-8-22-23-11-12-25(28(34)19-33-21-32-26-9-6-7-10-27(26)33)30(23,3)14-13-24(22)31(20-36-4)17-15-29(2,35)16-18-31/h6-7,9-10,21-25,35H,5,8,11-20H2,1-4H3/t22-,23-,24-,25+,29?,30-,31?/m0/s1. The first-order valence-electron chi connectivity index (χ1n) is 14.4. The number of nitrogens with zero attached hydrogens (tertiary/aromatic N) is 2. The van der Waals surface area contributed by atoms with E-state index in [1.807, 2.05) is 43.1 Å². The van der Waals surface area contributed by atoms with E-state index in [-0.39, 0.29) is 16.7 Å². The summed E-state index contributed by atoms with van der Waals surface area (Å²) in [7, 11) is 1.85. The van der Waals surface area contributed by atoms with E-state index in [0.29, 0.717) is 30.1 Å². The van der Waals surface area contributed by atoms with Gasteiger partial charge in [0, 0.05) is 13.0 Å². The average Bonchev–Trinajstić information content (AvgIpc) is 3.42. The zero-order chi connectivity index (χ0) is 25.6. The number of benzene rings is 1. The Kier molecular flexibility index (Phi) is 7.10. The summed E-state index contributed by atoms with van der Waals surface area (Å²) in [6.07, 6.45) is 12.6. The van der Waals surface area contributed by atoms with Crippen LogP contribution in [0.3, 0.4) is 0 Å². The minimum Gasteiger partial charge on any atom is -0.390 e. The summed E-state index contributed by atoms with van der Waals surface area (Å²) < 4.78 is 7.92. The normalized spacial score (nSPS) is 38.8. The molecule has 2 aromatic rings. The van der Waals surface area contributed by atoms with Crippen molar-refractivity contribution in [3.8, 4) is 0 Å². The summed E-state index contributed by atoms with van der Waals surface area (Å²) in [4.78, 5) is 18.3. The average molecular weight is 495 g/mol. The van der Waals surface area contributed by atoms with Gasteiger partial charge in [-0.2, -0.15) is 0 Å². The molecule has 198 valence electrons. The Balaban J connectivity index is 1.38. The molecule has 0 bridgehead atoms. The maximum atomic E-state index is 13.8. The zero-order valence-corrected chi connectivity index (χ0v) is 22.8. The first-order chi connectivity index (χ1) is 17.2. The summed E-state index contributed by atoms with van der Waals surface area (Å²) >= 11 is 0. The topological polar surface area (TPSA) is 64.3 Å². The Morgan fingerprint density at radius 3 is 2.56 bits per heavy atom. The van der Waals surface area contributed by atoms with Crippen LogP contribution in [0.5, 0.6) is 0 Å². The Morgan fingerprint density at radius 2 is 1.83 bits per heavy atom. The van der Waals surface area contributed by atoms with Gasteiger partial charge in [-0.15, -0.1) is 0 Å². The fourth-order valence-electron chi connectivity index (χ4n) is 8.92. The number of ether oxygens (including phenoxy) is 1. The number of aliphatic hydroxyl groups is 1. The van der Waals surface area contributed by atoms with Crippen molar-refractivity contribution in [3.05, 3.63) is 30.6 Å². The lowest BCUT2D eigenvalue weighted by Gasteiger charge is -2.56. The van der Waals surface area contributed by atoms with Gasteiger partial charge in [-0.3, -0.25) is 4.79 Å². The van der Waals surface area contributed by atoms with Crippen LogP contribution < -0.4 is 0 Å². The SMILES string of the molecule is CCC[C@@H]1[C@@H](C2(COC)CCC(C)(O)CC2)CC[C@]2(C)[C@@H](C(=O)Cn3cnc4ccccc43)CC[C@@H]12. The molecule has 3 saturated carbocycles. The quantitative estimate of drug-likeness (QED) is 0.460. The number of hydrogen-bond acceptors (Lipinski definition) is 4. The smallest absolute Gasteiger partial charge is 0.156 e. The van der Waals surface area contributed by atoms with Gasteiger partial charge >= 0.3 is 0 Å². The van der Waals surface area contributed by atoms with Gasteiger partial charge in [0.25, 0.3) is 0 Å². The fourth-order valence-corrected chi connectivity index (χ4v) is 8.92. The number of carbonyl (C=O) groups excluding carboxylic acids is 1. The van der Waals surface area contributed by atoms with E-state index in [9.17, 15) is 9.90 Å². The van der Waals surface area contributed by atoms with Crippen molar-refractivity contribution in [2.45, 2.75) is 97.1 Å². The summed E-state index contributed by atoms with van der Waals surface area (Å²) in [5, 5.41) is 10.7. The molecule has 1 heterocycles. The Bertz CT molecular complexity index is 1060. The molecule has 5 atom stereocenters. The first-order valence-corrected chi connectivity index (χ1v) is 14.4. The molecule has 0 aliphatic heterocycles. The predicted molar refractivity (Wildman–Crippen MR) is 144 cm³/mol. The van der Waals surface area contributed by atoms with E-state index in [1.165, 1.54) is 25.7 Å². The van der Waals surface area contributed by atoms with E-state index in [1.54, 1.807) is 0 Å². The lowest BCUT2D eigenvalue weighted by molar-refractivity contribution is -0.135. The molecule has 36 heavy (non-hydrogen) atoms. The summed E-state index contributed by atoms with van der Waals surface area (Å²) in [5.41, 5.74) is 1.71. The van der Waals surface area contributed by atoms with Gasteiger partial charge in [0.05, 0.1) is 36.1 Å². The van der Waals surface area contributed by atoms with Crippen LogP contribution in [-0.2, 0) is 16.1 Å². The molecule has 0 spiro atoms. The van der Waals surface area contributed by atoms with Crippen molar-refractivity contribution >= 4 is 16.8 Å². The molecule has 0 saturated heterocycles. The third-order valence-corrected chi connectivity index (χ3v) is 10.8. The second-order valence-corrected chi connectivity index (χ2v) is 13.0. The lowest BCUT2D eigenvalue weighted by Crippen LogP contribution is -2.52. The molecule has 0 unspecified atom stereocenters. The van der Waals surface area contributed by atoms with Crippen molar-refractivity contribution in [3.63, 3.8) is 0 Å². The number of carbonyl (C=O) groups is 1. The Morgan fingerprint density at radius 1 is 1.08 bits per heavy atom. The number of fused-ring (bicyclic) bond motifs is 2. The summed E-state index contributed by atoms with van der Waals surface area (Å²) in [6, 6.07) is 8.10. The minimum absolute atomic E-state index is 0.0816. The largest absolute Gasteiger partial charge is 0.390 e. The summed E-state index contributed by atoms with van der Waals surface area (Å²) in [6.45, 7) is 7.99. The Hall–Kier alpha value is -1.72. The number of imidazole rings is 1. The maximum absolute atomic E-state index is 13.8. The highest BCUT2D eigenvalue weighted by Gasteiger charge is 2.59. The first kappa shape index (κ1) is 25.9. The number of methoxy groups -OCH3 is 1. The van der Waals surface area contributed by atoms with Crippen molar-refractivity contribution in [2.75, 3.05) is 13.7 Å². The molecule has 1 aromatic heterocycles. The highest BCUT2D eigenvalue weighted by Crippen LogP contribution is 2.64. The van der Waals surface area contributed by atoms with Crippen LogP contribution in [0.25, 0.3) is 11.0 Å². The van der Waals surface area contributed by atoms with Crippen LogP contribution in [0.4, 0.5) is 0 Å². The molecular weight excluding hydrogens is 448 g/mol. The second-order valence-electron chi connectivity index (χ2n) is 13.0. The van der Waals surface area contributed by atoms with Crippen LogP contribution in [-0.4, -0.2) is 39.8 Å². The van der Waals surface area contributed by atoms with Gasteiger partial charge in [0.1, 0.15) is 0 Å². The van der Waals surface area contributed by atoms with E-state index < -0.39 is 5.60 Å². The third kappa shape index (κ3) is 4.45. The van der Waals surface area contributed by atoms with Crippen LogP contribution in [0.1, 0.15) is 85.0 Å². The van der Waals surface area contributed by atoms with Crippen molar-refractivity contribution in [1.82, 2.24) is 9.55 Å². The number of hydrogen-bond donors (Lipinski definition) is 1. The fraction of sp³-hybridized carbons (Fsp3) is 0.742. The zero-order valence-electron chi connectivity index (χ0n) is 22.8. The molecule has 3 aliphatic rings. The van der Waals surface area contributed by atoms with Crippen LogP contribution in [0.2, 0.25) is 0 Å². The highest BCUT2D eigenvalue weighted by atomic mass is 16.5. The molecule has 5 rings (SSSR count). The van der Waals surface area contributed by atoms with Crippen molar-refractivity contribution in [2.24, 2.45) is 34.5 Å². The minimum atomic E-state index is -0.539. The second kappa shape index (κ2) is 9.87. The molecule has 0 amide bonds. The molecule has 1 N–H and O–H groups in total. The lowest BCUT2D eigenvalue weighted by atomic mass is 9.49. The molecule has 5 heteroatoms. The molecule has 0 radical (unpaired) electrons. The molecule has 5 nitrogen and oxygen atoms in total. The van der Waals surface area contributed by atoms with Crippen molar-refractivity contribution in [1.29, 1.82) is 0 Å². The van der Waals surface area contributed by atoms with Gasteiger partial charge < -0.3 is 14.4 Å². The summed E-state index contributed by atoms with van der Waals surface area (Å²) in [5.74, 6) is 2.38. The number of para-hydroxylation sites is 2. The van der Waals surface area contributed by atoms with E-state index >= 15 is 0 Å². The van der Waals surface area contributed by atoms with Gasteiger partial charge in [-0.05, 0) is 99.0 Å². The molecule has 1 aromatic carbocycles. The molecular formula is C31H46N2O3. The van der Waals surface area contributed by atoms with E-state index in [2.05, 4.69) is 24.9 Å². The molecule has 3 aliphatic carbocycles. The van der Waals surface area contributed by atoms with Gasteiger partial charge in [-0.1, -0.05) is 38.8 Å². The van der Waals surface area contributed by atoms with E-state index in [0.717, 1.165) is 56.2 Å². The number of aromatic nitrogens is 2. The highest BCUT2D eigenvalue weighted by molar-refractivity contribution is 5.84. The van der Waals surface area contributed by atoms with Crippen molar-refractivity contribution < 1.29 is 14.6 Å². The number of Topliss-reactive ketones (excluding diaryl/α,β-unsaturated/α-hetero) is 1. The van der Waals surface area contributed by atoms with E-state index in [4.69, 9.17) is 4.74 Å². The van der Waals surface area contributed by atoms with Crippen LogP contribution in [0.15, 0.2) is 30.6 Å². The monoisotopic (exact) mass is 494 g/mol. The number of rotatable bonds is 8. The van der Waals surface area contributed by atoms with Gasteiger partial charge in [0.15, 0.2) is 5.78 Å². The number of ketones is 1. The van der Waals surface area contributed by atoms with Crippen LogP contribution >= 0.6 is 0 Å². The van der Waals surface area contributed by atoms with Gasteiger partial charge in [-0.25, -0.2) is 4.98 Å². The molecule has 3 fully saturated rings. The van der Waals surface area contributed by atoms with Gasteiger partial charge in [0.2, 0.25) is 0 Å². The van der Waals surface area contributed by atoms with Crippen LogP contribution in [0, 0.1) is 34.5 Å². The third-order valence-electron chi connectivity index (χ3n) is 10.8. The predicted octanol–water partition coefficient (Wildman–Crippen LogP) is 6.42.